The molecule has 0 radical (unpaired) electrons. The molecule has 3 rings (SSSR count). The molecule has 0 atom stereocenters. The Kier molecular flexibility index (Phi) is 3.35. The molecule has 108 valence electrons. The van der Waals surface area contributed by atoms with Crippen molar-refractivity contribution in [1.29, 1.82) is 0 Å². The first-order chi connectivity index (χ1) is 10.1. The van der Waals surface area contributed by atoms with E-state index in [4.69, 9.17) is 10.5 Å². The molecule has 6 heteroatoms. The van der Waals surface area contributed by atoms with Crippen LogP contribution in [0.25, 0.3) is 0 Å². The second-order valence-electron chi connectivity index (χ2n) is 4.96. The number of pyridine rings is 1. The van der Waals surface area contributed by atoms with Gasteiger partial charge in [-0.15, -0.1) is 0 Å². The van der Waals surface area contributed by atoms with E-state index >= 15 is 0 Å². The summed E-state index contributed by atoms with van der Waals surface area (Å²) in [6.45, 7) is 0.697. The van der Waals surface area contributed by atoms with Crippen molar-refractivity contribution < 1.29 is 9.53 Å². The number of amides is 1. The first kappa shape index (κ1) is 13.2. The summed E-state index contributed by atoms with van der Waals surface area (Å²) < 4.78 is 5.35. The standard InChI is InChI=1S/C15H16N4O2/c1-19(8-10-3-2-4-17-7-10)13-6-12-14(5-11(13)16)21-9-15(20)18-12/h2-7H,8-9,16H2,1H3,(H,18,20). The van der Waals surface area contributed by atoms with Crippen molar-refractivity contribution in [3.05, 3.63) is 42.2 Å². The Morgan fingerprint density at radius 2 is 2.33 bits per heavy atom. The lowest BCUT2D eigenvalue weighted by atomic mass is 10.1. The molecular weight excluding hydrogens is 268 g/mol. The van der Waals surface area contributed by atoms with Crippen LogP contribution in [0, 0.1) is 0 Å². The summed E-state index contributed by atoms with van der Waals surface area (Å²) in [5.74, 6) is 0.443. The SMILES string of the molecule is CN(Cc1cccnc1)c1cc2c(cc1N)OCC(=O)N2. The lowest BCUT2D eigenvalue weighted by molar-refractivity contribution is -0.118. The maximum absolute atomic E-state index is 11.4. The highest BCUT2D eigenvalue weighted by atomic mass is 16.5. The topological polar surface area (TPSA) is 80.5 Å². The van der Waals surface area contributed by atoms with E-state index in [1.807, 2.05) is 36.3 Å². The van der Waals surface area contributed by atoms with Crippen molar-refractivity contribution in [3.63, 3.8) is 0 Å². The number of ether oxygens (including phenoxy) is 1. The molecule has 0 saturated carbocycles. The van der Waals surface area contributed by atoms with Crippen molar-refractivity contribution in [3.8, 4) is 5.75 Å². The van der Waals surface area contributed by atoms with E-state index < -0.39 is 0 Å². The number of anilines is 3. The summed E-state index contributed by atoms with van der Waals surface area (Å²) >= 11 is 0. The number of hydrogen-bond donors (Lipinski definition) is 2. The van der Waals surface area contributed by atoms with Gasteiger partial charge in [0.2, 0.25) is 0 Å². The average molecular weight is 284 g/mol. The van der Waals surface area contributed by atoms with Gasteiger partial charge in [-0.3, -0.25) is 9.78 Å². The third kappa shape index (κ3) is 2.74. The maximum atomic E-state index is 11.4. The highest BCUT2D eigenvalue weighted by molar-refractivity contribution is 5.97. The number of rotatable bonds is 3. The molecule has 0 bridgehead atoms. The van der Waals surface area contributed by atoms with E-state index in [9.17, 15) is 4.79 Å². The summed E-state index contributed by atoms with van der Waals surface area (Å²) in [6.07, 6.45) is 3.56. The van der Waals surface area contributed by atoms with Crippen molar-refractivity contribution in [2.75, 3.05) is 29.6 Å². The number of nitrogen functional groups attached to an aromatic ring is 1. The van der Waals surface area contributed by atoms with E-state index in [1.54, 1.807) is 12.3 Å². The van der Waals surface area contributed by atoms with Gasteiger partial charge in [-0.25, -0.2) is 0 Å². The molecule has 1 amide bonds. The van der Waals surface area contributed by atoms with E-state index in [0.717, 1.165) is 11.3 Å². The monoisotopic (exact) mass is 284 g/mol. The molecule has 1 aromatic carbocycles. The quantitative estimate of drug-likeness (QED) is 0.837. The van der Waals surface area contributed by atoms with Gasteiger partial charge in [0, 0.05) is 32.1 Å². The van der Waals surface area contributed by atoms with Gasteiger partial charge in [0.15, 0.2) is 6.61 Å². The van der Waals surface area contributed by atoms with E-state index in [0.29, 0.717) is 23.7 Å². The molecule has 0 saturated heterocycles. The summed E-state index contributed by atoms with van der Waals surface area (Å²) in [4.78, 5) is 17.5. The number of nitrogens with zero attached hydrogens (tertiary/aromatic N) is 2. The van der Waals surface area contributed by atoms with Crippen LogP contribution in [0.5, 0.6) is 5.75 Å². The smallest absolute Gasteiger partial charge is 0.262 e. The van der Waals surface area contributed by atoms with Crippen LogP contribution in [-0.4, -0.2) is 24.5 Å². The Hall–Kier alpha value is -2.76. The molecule has 0 unspecified atom stereocenters. The summed E-state index contributed by atoms with van der Waals surface area (Å²) in [5.41, 5.74) is 9.26. The van der Waals surface area contributed by atoms with Crippen LogP contribution in [-0.2, 0) is 11.3 Å². The van der Waals surface area contributed by atoms with Gasteiger partial charge in [0.25, 0.3) is 5.91 Å². The third-order valence-electron chi connectivity index (χ3n) is 3.32. The molecule has 3 N–H and O–H groups in total. The minimum atomic E-state index is -0.159. The average Bonchev–Trinajstić information content (AvgIpc) is 2.48. The number of carbonyl (C=O) groups is 1. The van der Waals surface area contributed by atoms with E-state index in [2.05, 4.69) is 10.3 Å². The Morgan fingerprint density at radius 1 is 1.48 bits per heavy atom. The lowest BCUT2D eigenvalue weighted by Crippen LogP contribution is -2.26. The highest BCUT2D eigenvalue weighted by Crippen LogP contribution is 2.36. The zero-order valence-corrected chi connectivity index (χ0v) is 11.7. The van der Waals surface area contributed by atoms with E-state index in [-0.39, 0.29) is 12.5 Å². The van der Waals surface area contributed by atoms with Gasteiger partial charge in [0.1, 0.15) is 5.75 Å². The fourth-order valence-corrected chi connectivity index (χ4v) is 2.31. The van der Waals surface area contributed by atoms with Crippen LogP contribution in [0.2, 0.25) is 0 Å². The highest BCUT2D eigenvalue weighted by Gasteiger charge is 2.19. The number of carbonyl (C=O) groups excluding carboxylic acids is 1. The third-order valence-corrected chi connectivity index (χ3v) is 3.32. The minimum absolute atomic E-state index is 0.0251. The van der Waals surface area contributed by atoms with Crippen LogP contribution in [0.3, 0.4) is 0 Å². The number of aromatic nitrogens is 1. The van der Waals surface area contributed by atoms with E-state index in [1.165, 1.54) is 0 Å². The van der Waals surface area contributed by atoms with Gasteiger partial charge in [-0.05, 0) is 17.7 Å². The van der Waals surface area contributed by atoms with Crippen molar-refractivity contribution in [1.82, 2.24) is 4.98 Å². The predicted molar refractivity (Wildman–Crippen MR) is 81.3 cm³/mol. The molecule has 2 aromatic rings. The zero-order valence-electron chi connectivity index (χ0n) is 11.7. The van der Waals surface area contributed by atoms with Gasteiger partial charge in [-0.2, -0.15) is 0 Å². The van der Waals surface area contributed by atoms with Crippen LogP contribution in [0.4, 0.5) is 17.1 Å². The van der Waals surface area contributed by atoms with Crippen LogP contribution >= 0.6 is 0 Å². The fourth-order valence-electron chi connectivity index (χ4n) is 2.31. The van der Waals surface area contributed by atoms with Gasteiger partial charge < -0.3 is 20.7 Å². The molecule has 0 spiro atoms. The Labute approximate surface area is 122 Å². The van der Waals surface area contributed by atoms with Crippen LogP contribution in [0.15, 0.2) is 36.7 Å². The van der Waals surface area contributed by atoms with Gasteiger partial charge in [-0.1, -0.05) is 6.07 Å². The number of benzene rings is 1. The summed E-state index contributed by atoms with van der Waals surface area (Å²) in [5, 5.41) is 2.79. The maximum Gasteiger partial charge on any atom is 0.262 e. The van der Waals surface area contributed by atoms with Crippen molar-refractivity contribution in [2.24, 2.45) is 0 Å². The Balaban J connectivity index is 1.87. The number of nitrogens with one attached hydrogen (secondary N) is 1. The summed E-state index contributed by atoms with van der Waals surface area (Å²) in [7, 11) is 1.94. The summed E-state index contributed by atoms with van der Waals surface area (Å²) in [6, 6.07) is 7.47. The number of nitrogens with two attached hydrogens (primary N) is 1. The zero-order chi connectivity index (χ0) is 14.8. The molecular formula is C15H16N4O2. The van der Waals surface area contributed by atoms with Gasteiger partial charge in [0.05, 0.1) is 17.1 Å². The second-order valence-corrected chi connectivity index (χ2v) is 4.96. The van der Waals surface area contributed by atoms with Crippen molar-refractivity contribution >= 4 is 23.0 Å². The molecule has 21 heavy (non-hydrogen) atoms. The predicted octanol–water partition coefficient (Wildman–Crippen LogP) is 1.63. The molecule has 1 aliphatic heterocycles. The molecule has 0 fully saturated rings. The Bertz CT molecular complexity index is 673. The first-order valence-corrected chi connectivity index (χ1v) is 6.59. The molecule has 0 aliphatic carbocycles. The molecule has 1 aliphatic rings. The normalized spacial score (nSPS) is 13.1. The minimum Gasteiger partial charge on any atom is -0.482 e. The van der Waals surface area contributed by atoms with Gasteiger partial charge >= 0.3 is 0 Å². The second kappa shape index (κ2) is 5.32. The first-order valence-electron chi connectivity index (χ1n) is 6.59. The molecule has 2 heterocycles. The number of hydrogen-bond acceptors (Lipinski definition) is 5. The molecule has 6 nitrogen and oxygen atoms in total. The largest absolute Gasteiger partial charge is 0.482 e. The van der Waals surface area contributed by atoms with Crippen molar-refractivity contribution in [2.45, 2.75) is 6.54 Å². The van der Waals surface area contributed by atoms with Crippen LogP contribution in [0.1, 0.15) is 5.56 Å². The fraction of sp³-hybridized carbons (Fsp3) is 0.200. The lowest BCUT2D eigenvalue weighted by Gasteiger charge is -2.25. The Morgan fingerprint density at radius 3 is 3.10 bits per heavy atom. The number of fused-ring (bicyclic) bond motifs is 1. The van der Waals surface area contributed by atoms with Crippen LogP contribution < -0.4 is 20.7 Å². The molecule has 1 aromatic heterocycles.